The molecule has 0 aromatic heterocycles. The quantitative estimate of drug-likeness (QED) is 0.948. The first-order valence-corrected chi connectivity index (χ1v) is 8.01. The van der Waals surface area contributed by atoms with Crippen molar-refractivity contribution in [2.45, 2.75) is 4.90 Å². The number of benzene rings is 2. The lowest BCUT2D eigenvalue weighted by atomic mass is 10.2. The topological polar surface area (TPSA) is 63.2 Å². The van der Waals surface area contributed by atoms with Crippen LogP contribution in [0.1, 0.15) is 10.4 Å². The van der Waals surface area contributed by atoms with Gasteiger partial charge in [0.1, 0.15) is 0 Å². The number of carbonyl (C=O) groups is 1. The zero-order chi connectivity index (χ0) is 14.8. The molecule has 20 heavy (non-hydrogen) atoms. The third-order valence-corrected chi connectivity index (χ3v) is 4.20. The average Bonchev–Trinajstić information content (AvgIpc) is 2.39. The molecule has 0 unspecified atom stereocenters. The van der Waals surface area contributed by atoms with E-state index in [-0.39, 0.29) is 15.5 Å². The van der Waals surface area contributed by atoms with Crippen LogP contribution in [0.2, 0.25) is 5.02 Å². The highest BCUT2D eigenvalue weighted by Gasteiger charge is 2.15. The Kier molecular flexibility index (Phi) is 4.11. The molecule has 0 bridgehead atoms. The Bertz CT molecular complexity index is 742. The Morgan fingerprint density at radius 1 is 1.10 bits per heavy atom. The van der Waals surface area contributed by atoms with Gasteiger partial charge in [-0.2, -0.15) is 0 Å². The first-order valence-electron chi connectivity index (χ1n) is 5.74. The van der Waals surface area contributed by atoms with Gasteiger partial charge in [0.25, 0.3) is 5.91 Å². The molecule has 0 spiro atoms. The SMILES string of the molecule is CS(=O)(=O)c1cc(C(=O)Nc2ccccc2)ccc1Cl. The Labute approximate surface area is 122 Å². The number of para-hydroxylation sites is 1. The number of halogens is 1. The van der Waals surface area contributed by atoms with Crippen LogP contribution in [0.15, 0.2) is 53.4 Å². The van der Waals surface area contributed by atoms with Crippen molar-refractivity contribution >= 4 is 33.0 Å². The molecule has 0 saturated carbocycles. The van der Waals surface area contributed by atoms with Crippen LogP contribution in [-0.4, -0.2) is 20.6 Å². The van der Waals surface area contributed by atoms with E-state index >= 15 is 0 Å². The van der Waals surface area contributed by atoms with Crippen LogP contribution in [0.4, 0.5) is 5.69 Å². The van der Waals surface area contributed by atoms with E-state index in [1.807, 2.05) is 6.07 Å². The van der Waals surface area contributed by atoms with Crippen molar-refractivity contribution in [1.82, 2.24) is 0 Å². The first kappa shape index (κ1) is 14.6. The van der Waals surface area contributed by atoms with Crippen LogP contribution in [0.5, 0.6) is 0 Å². The minimum absolute atomic E-state index is 0.0557. The summed E-state index contributed by atoms with van der Waals surface area (Å²) in [5.74, 6) is -0.391. The summed E-state index contributed by atoms with van der Waals surface area (Å²) in [6.45, 7) is 0. The number of anilines is 1. The molecule has 0 saturated heterocycles. The standard InChI is InChI=1S/C14H12ClNO3S/c1-20(18,19)13-9-10(7-8-12(13)15)14(17)16-11-5-3-2-4-6-11/h2-9H,1H3,(H,16,17). The molecular weight excluding hydrogens is 298 g/mol. The van der Waals surface area contributed by atoms with Crippen molar-refractivity contribution < 1.29 is 13.2 Å². The molecule has 4 nitrogen and oxygen atoms in total. The Morgan fingerprint density at radius 2 is 1.75 bits per heavy atom. The third kappa shape index (κ3) is 3.37. The number of nitrogens with one attached hydrogen (secondary N) is 1. The second-order valence-corrected chi connectivity index (χ2v) is 6.63. The highest BCUT2D eigenvalue weighted by Crippen LogP contribution is 2.23. The maximum Gasteiger partial charge on any atom is 0.255 e. The van der Waals surface area contributed by atoms with Crippen LogP contribution in [0.3, 0.4) is 0 Å². The molecule has 0 aliphatic carbocycles. The van der Waals surface area contributed by atoms with Gasteiger partial charge in [0.15, 0.2) is 9.84 Å². The summed E-state index contributed by atoms with van der Waals surface area (Å²) in [6.07, 6.45) is 1.05. The maximum absolute atomic E-state index is 12.1. The van der Waals surface area contributed by atoms with Gasteiger partial charge in [0, 0.05) is 17.5 Å². The molecule has 1 N–H and O–H groups in total. The summed E-state index contributed by atoms with van der Waals surface area (Å²) in [6, 6.07) is 13.1. The summed E-state index contributed by atoms with van der Waals surface area (Å²) < 4.78 is 23.1. The lowest BCUT2D eigenvalue weighted by molar-refractivity contribution is 0.102. The molecular formula is C14H12ClNO3S. The monoisotopic (exact) mass is 309 g/mol. The molecule has 0 aliphatic rings. The van der Waals surface area contributed by atoms with Crippen molar-refractivity contribution in [3.63, 3.8) is 0 Å². The predicted octanol–water partition coefficient (Wildman–Crippen LogP) is 3.00. The van der Waals surface area contributed by atoms with Gasteiger partial charge < -0.3 is 5.32 Å². The van der Waals surface area contributed by atoms with Crippen molar-refractivity contribution in [3.05, 3.63) is 59.1 Å². The van der Waals surface area contributed by atoms with Gasteiger partial charge in [0.05, 0.1) is 9.92 Å². The van der Waals surface area contributed by atoms with Crippen molar-refractivity contribution in [1.29, 1.82) is 0 Å². The smallest absolute Gasteiger partial charge is 0.255 e. The van der Waals surface area contributed by atoms with Crippen LogP contribution >= 0.6 is 11.6 Å². The summed E-state index contributed by atoms with van der Waals surface area (Å²) >= 11 is 5.83. The predicted molar refractivity (Wildman–Crippen MR) is 79.0 cm³/mol. The number of amides is 1. The second kappa shape index (κ2) is 5.64. The first-order chi connectivity index (χ1) is 9.38. The Morgan fingerprint density at radius 3 is 2.35 bits per heavy atom. The van der Waals surface area contributed by atoms with Gasteiger partial charge >= 0.3 is 0 Å². The molecule has 0 radical (unpaired) electrons. The Hall–Kier alpha value is -1.85. The van der Waals surface area contributed by atoms with Crippen molar-refractivity contribution in [3.8, 4) is 0 Å². The van der Waals surface area contributed by atoms with Crippen LogP contribution < -0.4 is 5.32 Å². The van der Waals surface area contributed by atoms with E-state index in [0.29, 0.717) is 5.69 Å². The van der Waals surface area contributed by atoms with E-state index in [9.17, 15) is 13.2 Å². The molecule has 0 heterocycles. The fraction of sp³-hybridized carbons (Fsp3) is 0.0714. The van der Waals surface area contributed by atoms with E-state index in [0.717, 1.165) is 6.26 Å². The third-order valence-electron chi connectivity index (χ3n) is 2.62. The Balaban J connectivity index is 2.32. The highest BCUT2D eigenvalue weighted by atomic mass is 35.5. The second-order valence-electron chi connectivity index (χ2n) is 4.24. The molecule has 2 aromatic carbocycles. The van der Waals surface area contributed by atoms with Gasteiger partial charge in [-0.1, -0.05) is 29.8 Å². The van der Waals surface area contributed by atoms with Crippen LogP contribution in [0.25, 0.3) is 0 Å². The minimum atomic E-state index is -3.47. The zero-order valence-electron chi connectivity index (χ0n) is 10.6. The average molecular weight is 310 g/mol. The number of hydrogen-bond donors (Lipinski definition) is 1. The van der Waals surface area contributed by atoms with Crippen molar-refractivity contribution in [2.24, 2.45) is 0 Å². The van der Waals surface area contributed by atoms with E-state index in [2.05, 4.69) is 5.32 Å². The van der Waals surface area contributed by atoms with Gasteiger partial charge in [-0.05, 0) is 30.3 Å². The zero-order valence-corrected chi connectivity index (χ0v) is 12.2. The summed E-state index contributed by atoms with van der Waals surface area (Å²) in [7, 11) is -3.47. The summed E-state index contributed by atoms with van der Waals surface area (Å²) in [4.78, 5) is 12.0. The molecule has 1 amide bonds. The largest absolute Gasteiger partial charge is 0.322 e. The fourth-order valence-corrected chi connectivity index (χ4v) is 2.95. The van der Waals surface area contributed by atoms with E-state index < -0.39 is 15.7 Å². The van der Waals surface area contributed by atoms with E-state index in [1.54, 1.807) is 24.3 Å². The van der Waals surface area contributed by atoms with Crippen molar-refractivity contribution in [2.75, 3.05) is 11.6 Å². The van der Waals surface area contributed by atoms with Gasteiger partial charge in [-0.15, -0.1) is 0 Å². The maximum atomic E-state index is 12.1. The summed E-state index contributed by atoms with van der Waals surface area (Å²) in [5.41, 5.74) is 0.868. The number of sulfone groups is 1. The van der Waals surface area contributed by atoms with Crippen LogP contribution in [0, 0.1) is 0 Å². The normalized spacial score (nSPS) is 11.1. The minimum Gasteiger partial charge on any atom is -0.322 e. The molecule has 104 valence electrons. The van der Waals surface area contributed by atoms with E-state index in [4.69, 9.17) is 11.6 Å². The van der Waals surface area contributed by atoms with E-state index in [1.165, 1.54) is 18.2 Å². The number of rotatable bonds is 3. The highest BCUT2D eigenvalue weighted by molar-refractivity contribution is 7.90. The molecule has 2 aromatic rings. The fourth-order valence-electron chi connectivity index (χ4n) is 1.65. The van der Waals surface area contributed by atoms with Gasteiger partial charge in [0.2, 0.25) is 0 Å². The molecule has 2 rings (SSSR count). The molecule has 6 heteroatoms. The lowest BCUT2D eigenvalue weighted by Gasteiger charge is -2.07. The van der Waals surface area contributed by atoms with Crippen LogP contribution in [-0.2, 0) is 9.84 Å². The number of carbonyl (C=O) groups excluding carboxylic acids is 1. The molecule has 0 fully saturated rings. The van der Waals surface area contributed by atoms with Gasteiger partial charge in [-0.3, -0.25) is 4.79 Å². The lowest BCUT2D eigenvalue weighted by Crippen LogP contribution is -2.12. The molecule has 0 aliphatic heterocycles. The molecule has 0 atom stereocenters. The summed E-state index contributed by atoms with van der Waals surface area (Å²) in [5, 5.41) is 2.78. The number of hydrogen-bond acceptors (Lipinski definition) is 3. The van der Waals surface area contributed by atoms with Gasteiger partial charge in [-0.25, -0.2) is 8.42 Å².